The lowest BCUT2D eigenvalue weighted by molar-refractivity contribution is -0.124. The molecule has 0 spiro atoms. The van der Waals surface area contributed by atoms with E-state index in [2.05, 4.69) is 55.6 Å². The van der Waals surface area contributed by atoms with E-state index in [-0.39, 0.29) is 18.9 Å². The molecule has 0 aromatic carbocycles. The fraction of sp³-hybridized carbons (Fsp3) is 0.757. The van der Waals surface area contributed by atoms with E-state index < -0.39 is 18.2 Å². The van der Waals surface area contributed by atoms with Gasteiger partial charge in [0.2, 0.25) is 5.91 Å². The maximum atomic E-state index is 12.3. The van der Waals surface area contributed by atoms with Crippen molar-refractivity contribution in [3.8, 4) is 0 Å². The van der Waals surface area contributed by atoms with E-state index in [1.54, 1.807) is 6.08 Å². The van der Waals surface area contributed by atoms with Crippen molar-refractivity contribution in [1.82, 2.24) is 5.32 Å². The third-order valence-electron chi connectivity index (χ3n) is 7.57. The number of aliphatic hydroxyl groups is 3. The van der Waals surface area contributed by atoms with E-state index in [4.69, 9.17) is 0 Å². The van der Waals surface area contributed by atoms with Crippen LogP contribution in [0.3, 0.4) is 0 Å². The summed E-state index contributed by atoms with van der Waals surface area (Å²) in [6, 6.07) is -0.770. The van der Waals surface area contributed by atoms with Crippen molar-refractivity contribution >= 4 is 5.91 Å². The average Bonchev–Trinajstić information content (AvgIpc) is 2.98. The predicted molar refractivity (Wildman–Crippen MR) is 181 cm³/mol. The quantitative estimate of drug-likeness (QED) is 0.0497. The number of unbranched alkanes of at least 4 members (excludes halogenated alkanes) is 15. The van der Waals surface area contributed by atoms with Crippen LogP contribution >= 0.6 is 0 Å². The van der Waals surface area contributed by atoms with Gasteiger partial charge in [0.15, 0.2) is 0 Å². The molecule has 0 rings (SSSR count). The Morgan fingerprint density at radius 2 is 1.02 bits per heavy atom. The summed E-state index contributed by atoms with van der Waals surface area (Å²) in [5, 5.41) is 32.9. The van der Waals surface area contributed by atoms with Crippen molar-refractivity contribution in [2.24, 2.45) is 0 Å². The summed E-state index contributed by atoms with van der Waals surface area (Å²) < 4.78 is 0. The molecule has 5 heteroatoms. The minimum Gasteiger partial charge on any atom is -0.394 e. The highest BCUT2D eigenvalue weighted by Crippen LogP contribution is 2.11. The van der Waals surface area contributed by atoms with Crippen LogP contribution in [0.4, 0.5) is 0 Å². The number of nitrogens with one attached hydrogen (secondary N) is 1. The Hall–Kier alpha value is -1.69. The molecule has 0 heterocycles. The molecule has 0 saturated carbocycles. The second-order valence-corrected chi connectivity index (χ2v) is 11.7. The second kappa shape index (κ2) is 32.2. The van der Waals surface area contributed by atoms with Gasteiger partial charge in [-0.2, -0.15) is 0 Å². The third-order valence-corrected chi connectivity index (χ3v) is 7.57. The molecular formula is C37H67NO4. The van der Waals surface area contributed by atoms with Crippen molar-refractivity contribution in [2.75, 3.05) is 6.61 Å². The lowest BCUT2D eigenvalue weighted by atomic mass is 10.1. The molecule has 5 nitrogen and oxygen atoms in total. The Kier molecular flexibility index (Phi) is 30.9. The zero-order valence-electron chi connectivity index (χ0n) is 27.4. The average molecular weight is 590 g/mol. The molecule has 1 amide bonds. The molecule has 0 aliphatic heterocycles. The minimum atomic E-state index is -0.962. The number of amides is 1. The summed E-state index contributed by atoms with van der Waals surface area (Å²) in [6.45, 7) is 4.12. The molecule has 3 atom stereocenters. The van der Waals surface area contributed by atoms with Gasteiger partial charge in [0, 0.05) is 0 Å². The lowest BCUT2D eigenvalue weighted by Crippen LogP contribution is -2.45. The van der Waals surface area contributed by atoms with E-state index in [0.717, 1.165) is 57.8 Å². The van der Waals surface area contributed by atoms with Crippen LogP contribution in [0, 0.1) is 0 Å². The molecule has 42 heavy (non-hydrogen) atoms. The van der Waals surface area contributed by atoms with Crippen LogP contribution in [-0.4, -0.2) is 46.1 Å². The maximum Gasteiger partial charge on any atom is 0.222 e. The number of rotatable bonds is 30. The molecule has 0 aliphatic rings. The normalized spacial score (nSPS) is 14.5. The molecule has 0 radical (unpaired) electrons. The smallest absolute Gasteiger partial charge is 0.222 e. The first kappa shape index (κ1) is 40.3. The number of carbonyl (C=O) groups excluding carboxylic acids is 1. The highest BCUT2D eigenvalue weighted by atomic mass is 16.3. The van der Waals surface area contributed by atoms with Gasteiger partial charge in [-0.3, -0.25) is 4.79 Å². The topological polar surface area (TPSA) is 89.8 Å². The maximum absolute atomic E-state index is 12.3. The lowest BCUT2D eigenvalue weighted by Gasteiger charge is -2.20. The Morgan fingerprint density at radius 1 is 0.595 bits per heavy atom. The van der Waals surface area contributed by atoms with Gasteiger partial charge >= 0.3 is 0 Å². The van der Waals surface area contributed by atoms with Crippen molar-refractivity contribution in [3.63, 3.8) is 0 Å². The van der Waals surface area contributed by atoms with Crippen LogP contribution in [0.5, 0.6) is 0 Å². The van der Waals surface area contributed by atoms with Gasteiger partial charge < -0.3 is 20.6 Å². The van der Waals surface area contributed by atoms with Crippen molar-refractivity contribution < 1.29 is 20.1 Å². The van der Waals surface area contributed by atoms with Gasteiger partial charge in [0.1, 0.15) is 0 Å². The summed E-state index contributed by atoms with van der Waals surface area (Å²) in [7, 11) is 0. The number of carbonyl (C=O) groups is 1. The molecular weight excluding hydrogens is 522 g/mol. The van der Waals surface area contributed by atoms with E-state index in [9.17, 15) is 20.1 Å². The zero-order valence-corrected chi connectivity index (χ0v) is 27.4. The van der Waals surface area contributed by atoms with E-state index in [1.165, 1.54) is 70.6 Å². The van der Waals surface area contributed by atoms with Crippen LogP contribution in [0.15, 0.2) is 48.6 Å². The SMILES string of the molecule is CCCCC/C=C\CCCCCC(O)CC(=O)NC(CO)C(O)/C=C/CC/C=C/CC/C=C/CCCCCCCCC. The first-order valence-electron chi connectivity index (χ1n) is 17.4. The van der Waals surface area contributed by atoms with E-state index >= 15 is 0 Å². The second-order valence-electron chi connectivity index (χ2n) is 11.7. The molecule has 3 unspecified atom stereocenters. The Bertz CT molecular complexity index is 700. The van der Waals surface area contributed by atoms with E-state index in [1.807, 2.05) is 6.08 Å². The summed E-state index contributed by atoms with van der Waals surface area (Å²) in [4.78, 5) is 12.3. The van der Waals surface area contributed by atoms with Gasteiger partial charge in [-0.1, -0.05) is 127 Å². The number of allylic oxidation sites excluding steroid dienone is 7. The molecule has 0 bridgehead atoms. The zero-order chi connectivity index (χ0) is 30.9. The van der Waals surface area contributed by atoms with Gasteiger partial charge in [0.25, 0.3) is 0 Å². The van der Waals surface area contributed by atoms with Crippen LogP contribution < -0.4 is 5.32 Å². The Morgan fingerprint density at radius 3 is 1.57 bits per heavy atom. The van der Waals surface area contributed by atoms with Crippen LogP contribution in [0.25, 0.3) is 0 Å². The first-order valence-corrected chi connectivity index (χ1v) is 17.4. The molecule has 0 fully saturated rings. The van der Waals surface area contributed by atoms with Gasteiger partial charge in [-0.15, -0.1) is 0 Å². The molecule has 0 aromatic rings. The minimum absolute atomic E-state index is 0.0105. The monoisotopic (exact) mass is 590 g/mol. The number of aliphatic hydroxyl groups excluding tert-OH is 3. The highest BCUT2D eigenvalue weighted by molar-refractivity contribution is 5.76. The van der Waals surface area contributed by atoms with Gasteiger partial charge in [-0.25, -0.2) is 0 Å². The Labute approximate surface area is 259 Å². The summed E-state index contributed by atoms with van der Waals surface area (Å²) in [5.41, 5.74) is 0. The first-order chi connectivity index (χ1) is 20.5. The largest absolute Gasteiger partial charge is 0.394 e. The van der Waals surface area contributed by atoms with Crippen LogP contribution in [-0.2, 0) is 4.79 Å². The van der Waals surface area contributed by atoms with Crippen molar-refractivity contribution in [2.45, 2.75) is 173 Å². The standard InChI is InChI=1S/C37H67NO4/c1-3-5-7-9-11-13-15-16-17-18-19-20-21-23-25-27-29-31-36(41)35(33-39)38-37(42)32-34(40)30-28-26-24-22-14-12-10-8-6-4-2/h12,14,17-18,21,23,29,31,34-36,39-41H,3-11,13,15-16,19-20,22,24-28,30,32-33H2,1-2H3,(H,38,42)/b14-12-,18-17+,23-21+,31-29+. The summed E-state index contributed by atoms with van der Waals surface area (Å²) >= 11 is 0. The van der Waals surface area contributed by atoms with Crippen molar-refractivity contribution in [1.29, 1.82) is 0 Å². The van der Waals surface area contributed by atoms with E-state index in [0.29, 0.717) is 6.42 Å². The number of hydrogen-bond donors (Lipinski definition) is 4. The number of hydrogen-bond acceptors (Lipinski definition) is 4. The fourth-order valence-corrected chi connectivity index (χ4v) is 4.83. The van der Waals surface area contributed by atoms with Crippen LogP contribution in [0.2, 0.25) is 0 Å². The molecule has 0 aromatic heterocycles. The molecule has 244 valence electrons. The summed E-state index contributed by atoms with van der Waals surface area (Å²) in [6.07, 6.45) is 39.5. The fourth-order valence-electron chi connectivity index (χ4n) is 4.83. The summed E-state index contributed by atoms with van der Waals surface area (Å²) in [5.74, 6) is -0.344. The molecule has 0 aliphatic carbocycles. The third kappa shape index (κ3) is 28.4. The molecule has 0 saturated heterocycles. The van der Waals surface area contributed by atoms with Gasteiger partial charge in [0.05, 0.1) is 31.3 Å². The predicted octanol–water partition coefficient (Wildman–Crippen LogP) is 9.03. The Balaban J connectivity index is 3.88. The van der Waals surface area contributed by atoms with Crippen LogP contribution in [0.1, 0.15) is 155 Å². The van der Waals surface area contributed by atoms with Crippen molar-refractivity contribution in [3.05, 3.63) is 48.6 Å². The molecule has 4 N–H and O–H groups in total. The highest BCUT2D eigenvalue weighted by Gasteiger charge is 2.19. The van der Waals surface area contributed by atoms with Gasteiger partial charge in [-0.05, 0) is 70.6 Å².